The second-order valence-electron chi connectivity index (χ2n) is 5.48. The summed E-state index contributed by atoms with van der Waals surface area (Å²) in [7, 11) is 1.60. The molecule has 6 heteroatoms. The minimum Gasteiger partial charge on any atom is -0.479 e. The fraction of sp³-hybridized carbons (Fsp3) is 0.0909. The summed E-state index contributed by atoms with van der Waals surface area (Å²) in [6.45, 7) is 0. The predicted molar refractivity (Wildman–Crippen MR) is 122 cm³/mol. The van der Waals surface area contributed by atoms with Crippen molar-refractivity contribution >= 4 is 40.6 Å². The summed E-state index contributed by atoms with van der Waals surface area (Å²) in [5.74, 6) is 0.536. The molecule has 5 nitrogen and oxygen atoms in total. The minimum absolute atomic E-state index is 0.536. The Morgan fingerprint density at radius 2 is 1.43 bits per heavy atom. The molecule has 0 radical (unpaired) electrons. The quantitative estimate of drug-likeness (QED) is 0.330. The second kappa shape index (κ2) is 11.5. The van der Waals surface area contributed by atoms with Crippen LogP contribution in [0.3, 0.4) is 0 Å². The van der Waals surface area contributed by atoms with Crippen LogP contribution in [0.5, 0.6) is 5.88 Å². The lowest BCUT2D eigenvalue weighted by Gasteiger charge is -2.10. The molecule has 0 aliphatic carbocycles. The highest BCUT2D eigenvalue weighted by atomic mass is 32.1. The molecule has 0 saturated heterocycles. The Bertz CT molecular complexity index is 966. The Balaban J connectivity index is 0.000000261. The molecule has 144 valence electrons. The van der Waals surface area contributed by atoms with Crippen LogP contribution < -0.4 is 15.8 Å². The molecule has 0 saturated carbocycles. The maximum Gasteiger partial charge on any atom is 0.240 e. The topological polar surface area (TPSA) is 73.1 Å². The van der Waals surface area contributed by atoms with E-state index in [1.165, 1.54) is 0 Å². The van der Waals surface area contributed by atoms with Crippen molar-refractivity contribution in [1.29, 1.82) is 0 Å². The number of hydrogen-bond acceptors (Lipinski definition) is 6. The molecule has 0 aliphatic heterocycles. The maximum absolute atomic E-state index is 5.36. The van der Waals surface area contributed by atoms with Gasteiger partial charge in [0.05, 0.1) is 7.11 Å². The van der Waals surface area contributed by atoms with Gasteiger partial charge in [-0.3, -0.25) is 4.98 Å². The number of benzene rings is 2. The summed E-state index contributed by atoms with van der Waals surface area (Å²) in [4.78, 5) is 8.49. The smallest absolute Gasteiger partial charge is 0.240 e. The van der Waals surface area contributed by atoms with Gasteiger partial charge in [-0.15, -0.1) is 0 Å². The van der Waals surface area contributed by atoms with E-state index in [9.17, 15) is 0 Å². The zero-order chi connectivity index (χ0) is 20.2. The van der Waals surface area contributed by atoms with Crippen LogP contribution in [0.15, 0.2) is 85.2 Å². The highest BCUT2D eigenvalue weighted by Crippen LogP contribution is 2.28. The third kappa shape index (κ3) is 5.89. The highest BCUT2D eigenvalue weighted by molar-refractivity contribution is 7.79. The van der Waals surface area contributed by atoms with E-state index in [4.69, 9.17) is 10.5 Å². The molecule has 0 aliphatic rings. The van der Waals surface area contributed by atoms with Crippen molar-refractivity contribution in [3.63, 3.8) is 0 Å². The number of aromatic nitrogens is 2. The molecule has 4 rings (SSSR count). The Hall–Kier alpha value is -3.25. The van der Waals surface area contributed by atoms with Crippen LogP contribution in [0.25, 0.3) is 10.9 Å². The molecule has 3 N–H and O–H groups in total. The van der Waals surface area contributed by atoms with Crippen molar-refractivity contribution in [3.05, 3.63) is 85.2 Å². The molecule has 0 spiro atoms. The zero-order valence-electron chi connectivity index (χ0n) is 15.9. The van der Waals surface area contributed by atoms with E-state index in [0.717, 1.165) is 28.0 Å². The van der Waals surface area contributed by atoms with Gasteiger partial charge >= 0.3 is 0 Å². The van der Waals surface area contributed by atoms with Crippen molar-refractivity contribution in [2.45, 2.75) is 0 Å². The third-order valence-electron chi connectivity index (χ3n) is 3.67. The van der Waals surface area contributed by atoms with Crippen molar-refractivity contribution in [3.8, 4) is 5.88 Å². The normalized spacial score (nSPS) is 9.39. The molecule has 0 fully saturated rings. The van der Waals surface area contributed by atoms with Crippen LogP contribution in [0, 0.1) is 0 Å². The molecule has 4 aromatic rings. The molecule has 0 bridgehead atoms. The lowest BCUT2D eigenvalue weighted by Crippen LogP contribution is -1.95. The number of fused-ring (bicyclic) bond motifs is 1. The number of rotatable bonds is 3. The molecule has 2 aromatic carbocycles. The number of nitrogen functional groups attached to an aromatic ring is 1. The number of para-hydroxylation sites is 2. The Kier molecular flexibility index (Phi) is 8.62. The maximum atomic E-state index is 5.36. The summed E-state index contributed by atoms with van der Waals surface area (Å²) in [5.41, 5.74) is 8.95. The van der Waals surface area contributed by atoms with Gasteiger partial charge in [-0.05, 0) is 42.7 Å². The number of ether oxygens (including phenoxy) is 1. The minimum atomic E-state index is 0.536. The number of nitrogens with zero attached hydrogens (tertiary/aromatic N) is 2. The van der Waals surface area contributed by atoms with Crippen LogP contribution in [-0.2, 0) is 0 Å². The van der Waals surface area contributed by atoms with Gasteiger partial charge in [0, 0.05) is 34.8 Å². The van der Waals surface area contributed by atoms with E-state index < -0.39 is 0 Å². The first-order valence-corrected chi connectivity index (χ1v) is 9.52. The van der Waals surface area contributed by atoms with Crippen molar-refractivity contribution < 1.29 is 4.74 Å². The van der Waals surface area contributed by atoms with Crippen LogP contribution in [-0.4, -0.2) is 23.3 Å². The molecule has 0 unspecified atom stereocenters. The Labute approximate surface area is 171 Å². The van der Waals surface area contributed by atoms with Gasteiger partial charge in [0.1, 0.15) is 5.52 Å². The average molecular weight is 393 g/mol. The standard InChI is InChI=1S/C15H13N3O.C6H7N.CH4S/c1-19-15-14-12(7-9-17-15)13(8-10-16-14)18-11-5-3-2-4-6-11;7-6-4-2-1-3-5-6;1-2/h2-10H,1H3,(H,16,18);1-5H,7H2;2H,1H3. The second-order valence-corrected chi connectivity index (χ2v) is 5.48. The van der Waals surface area contributed by atoms with Gasteiger partial charge in [0.15, 0.2) is 0 Å². The predicted octanol–water partition coefficient (Wildman–Crippen LogP) is 5.20. The van der Waals surface area contributed by atoms with Crippen LogP contribution >= 0.6 is 12.6 Å². The molecule has 2 heterocycles. The molecule has 2 aromatic heterocycles. The summed E-state index contributed by atoms with van der Waals surface area (Å²) in [6.07, 6.45) is 5.16. The SMILES string of the molecule is COc1nccc2c(Nc3ccccc3)ccnc12.CS.Nc1ccccc1. The third-order valence-corrected chi connectivity index (χ3v) is 3.67. The number of nitrogens with one attached hydrogen (secondary N) is 1. The van der Waals surface area contributed by atoms with E-state index in [1.807, 2.05) is 72.8 Å². The van der Waals surface area contributed by atoms with Gasteiger partial charge in [-0.1, -0.05) is 36.4 Å². The number of methoxy groups -OCH3 is 1. The first-order valence-electron chi connectivity index (χ1n) is 8.63. The molecule has 0 amide bonds. The first kappa shape index (κ1) is 21.1. The average Bonchev–Trinajstić information content (AvgIpc) is 2.77. The Morgan fingerprint density at radius 3 is 2.00 bits per heavy atom. The van der Waals surface area contributed by atoms with Gasteiger partial charge in [-0.25, -0.2) is 4.98 Å². The van der Waals surface area contributed by atoms with Crippen LogP contribution in [0.4, 0.5) is 17.1 Å². The summed E-state index contributed by atoms with van der Waals surface area (Å²) in [5, 5.41) is 4.36. The number of hydrogen-bond donors (Lipinski definition) is 3. The molecular weight excluding hydrogens is 368 g/mol. The monoisotopic (exact) mass is 392 g/mol. The van der Waals surface area contributed by atoms with Crippen molar-refractivity contribution in [2.75, 3.05) is 24.4 Å². The van der Waals surface area contributed by atoms with E-state index in [2.05, 4.69) is 27.9 Å². The highest BCUT2D eigenvalue weighted by Gasteiger charge is 2.07. The molecule has 28 heavy (non-hydrogen) atoms. The van der Waals surface area contributed by atoms with Gasteiger partial charge < -0.3 is 15.8 Å². The summed E-state index contributed by atoms with van der Waals surface area (Å²) in [6, 6.07) is 23.4. The van der Waals surface area contributed by atoms with E-state index >= 15 is 0 Å². The van der Waals surface area contributed by atoms with Crippen LogP contribution in [0.1, 0.15) is 0 Å². The van der Waals surface area contributed by atoms with Crippen molar-refractivity contribution in [2.24, 2.45) is 0 Å². The number of nitrogens with two attached hydrogens (primary N) is 1. The summed E-state index contributed by atoms with van der Waals surface area (Å²) >= 11 is 3.53. The molecular formula is C22H24N4OS. The zero-order valence-corrected chi connectivity index (χ0v) is 16.8. The largest absolute Gasteiger partial charge is 0.479 e. The Morgan fingerprint density at radius 1 is 0.821 bits per heavy atom. The lowest BCUT2D eigenvalue weighted by molar-refractivity contribution is 0.402. The van der Waals surface area contributed by atoms with Crippen molar-refractivity contribution in [1.82, 2.24) is 9.97 Å². The van der Waals surface area contributed by atoms with Gasteiger partial charge in [-0.2, -0.15) is 12.6 Å². The van der Waals surface area contributed by atoms with Crippen LogP contribution in [0.2, 0.25) is 0 Å². The lowest BCUT2D eigenvalue weighted by atomic mass is 10.2. The number of anilines is 3. The first-order chi connectivity index (χ1) is 13.8. The summed E-state index contributed by atoms with van der Waals surface area (Å²) < 4.78 is 5.23. The number of thiol groups is 1. The fourth-order valence-corrected chi connectivity index (χ4v) is 2.44. The van der Waals surface area contributed by atoms with E-state index in [-0.39, 0.29) is 0 Å². The van der Waals surface area contributed by atoms with Gasteiger partial charge in [0.2, 0.25) is 5.88 Å². The van der Waals surface area contributed by atoms with E-state index in [1.54, 1.807) is 25.8 Å². The number of pyridine rings is 2. The molecule has 0 atom stereocenters. The van der Waals surface area contributed by atoms with E-state index in [0.29, 0.717) is 5.88 Å². The van der Waals surface area contributed by atoms with Gasteiger partial charge in [0.25, 0.3) is 0 Å². The fourth-order valence-electron chi connectivity index (χ4n) is 2.44.